The maximum Gasteiger partial charge on any atom is 0.239 e. The summed E-state index contributed by atoms with van der Waals surface area (Å²) < 4.78 is 4.97. The number of aromatic nitrogens is 4. The summed E-state index contributed by atoms with van der Waals surface area (Å²) in [5, 5.41) is 13.0. The van der Waals surface area contributed by atoms with E-state index in [9.17, 15) is 4.79 Å². The number of nitrogens with zero attached hydrogens (tertiary/aromatic N) is 6. The van der Waals surface area contributed by atoms with Crippen LogP contribution in [0.25, 0.3) is 0 Å². The molecule has 0 bridgehead atoms. The zero-order valence-electron chi connectivity index (χ0n) is 18.3. The van der Waals surface area contributed by atoms with E-state index in [1.54, 1.807) is 13.0 Å². The zero-order chi connectivity index (χ0) is 21.7. The second kappa shape index (κ2) is 9.24. The molecule has 1 aliphatic rings. The van der Waals surface area contributed by atoms with Crippen LogP contribution in [0.2, 0.25) is 0 Å². The molecule has 1 aliphatic heterocycles. The van der Waals surface area contributed by atoms with Gasteiger partial charge in [0.15, 0.2) is 5.82 Å². The number of rotatable bonds is 7. The lowest BCUT2D eigenvalue weighted by molar-refractivity contribution is -0.117. The van der Waals surface area contributed by atoms with Gasteiger partial charge in [-0.25, -0.2) is 0 Å². The first-order valence-electron chi connectivity index (χ1n) is 10.2. The minimum atomic E-state index is -0.156. The average Bonchev–Trinajstić information content (AvgIpc) is 3.05. The second-order valence-corrected chi connectivity index (χ2v) is 8.32. The van der Waals surface area contributed by atoms with Crippen molar-refractivity contribution in [1.29, 1.82) is 0 Å². The highest BCUT2D eigenvalue weighted by Crippen LogP contribution is 2.18. The van der Waals surface area contributed by atoms with Gasteiger partial charge in [0.2, 0.25) is 23.8 Å². The largest absolute Gasteiger partial charge is 0.360 e. The fraction of sp³-hybridized carbons (Fsp3) is 0.632. The van der Waals surface area contributed by atoms with E-state index in [2.05, 4.69) is 66.6 Å². The number of piperazine rings is 1. The van der Waals surface area contributed by atoms with Gasteiger partial charge in [-0.3, -0.25) is 9.69 Å². The summed E-state index contributed by atoms with van der Waals surface area (Å²) in [5.41, 5.74) is -0.156. The van der Waals surface area contributed by atoms with Crippen molar-refractivity contribution in [2.45, 2.75) is 40.2 Å². The third-order valence-electron chi connectivity index (χ3n) is 4.36. The first kappa shape index (κ1) is 21.8. The van der Waals surface area contributed by atoms with E-state index in [-0.39, 0.29) is 11.4 Å². The molecule has 3 N–H and O–H groups in total. The number of aryl methyl sites for hydroxylation is 1. The number of amides is 1. The highest BCUT2D eigenvalue weighted by molar-refractivity contribution is 5.91. The SMILES string of the molecule is CCNc1nc(NC(C)(C)C)nc(N2CCN(CC(=O)Nc3cc(C)on3)CC2)n1. The predicted molar refractivity (Wildman–Crippen MR) is 116 cm³/mol. The van der Waals surface area contributed by atoms with E-state index in [1.165, 1.54) is 0 Å². The molecule has 164 valence electrons. The summed E-state index contributed by atoms with van der Waals surface area (Å²) in [6, 6.07) is 1.70. The van der Waals surface area contributed by atoms with Gasteiger partial charge in [-0.05, 0) is 34.6 Å². The summed E-state index contributed by atoms with van der Waals surface area (Å²) in [6.45, 7) is 13.9. The Morgan fingerprint density at radius 1 is 1.13 bits per heavy atom. The van der Waals surface area contributed by atoms with Crippen LogP contribution in [0, 0.1) is 6.92 Å². The molecule has 0 aliphatic carbocycles. The number of hydrogen-bond donors (Lipinski definition) is 3. The van der Waals surface area contributed by atoms with Crippen LogP contribution in [-0.2, 0) is 4.79 Å². The smallest absolute Gasteiger partial charge is 0.239 e. The van der Waals surface area contributed by atoms with Crippen molar-refractivity contribution in [3.05, 3.63) is 11.8 Å². The van der Waals surface area contributed by atoms with Gasteiger partial charge in [0.25, 0.3) is 0 Å². The van der Waals surface area contributed by atoms with Crippen LogP contribution in [0.15, 0.2) is 10.6 Å². The van der Waals surface area contributed by atoms with E-state index < -0.39 is 0 Å². The molecule has 0 spiro atoms. The molecule has 11 nitrogen and oxygen atoms in total. The van der Waals surface area contributed by atoms with E-state index in [0.717, 1.165) is 32.7 Å². The van der Waals surface area contributed by atoms with Crippen LogP contribution in [0.4, 0.5) is 23.7 Å². The lowest BCUT2D eigenvalue weighted by Crippen LogP contribution is -2.49. The maximum atomic E-state index is 12.2. The van der Waals surface area contributed by atoms with Gasteiger partial charge >= 0.3 is 0 Å². The quantitative estimate of drug-likeness (QED) is 0.611. The normalized spacial score (nSPS) is 15.2. The third-order valence-corrected chi connectivity index (χ3v) is 4.36. The number of hydrogen-bond acceptors (Lipinski definition) is 10. The Morgan fingerprint density at radius 2 is 1.83 bits per heavy atom. The van der Waals surface area contributed by atoms with Crippen LogP contribution < -0.4 is 20.9 Å². The Labute approximate surface area is 176 Å². The van der Waals surface area contributed by atoms with Gasteiger partial charge in [0.1, 0.15) is 5.76 Å². The summed E-state index contributed by atoms with van der Waals surface area (Å²) in [6.07, 6.45) is 0. The molecule has 1 fully saturated rings. The molecule has 3 heterocycles. The van der Waals surface area contributed by atoms with Crippen LogP contribution in [0.5, 0.6) is 0 Å². The number of carbonyl (C=O) groups is 1. The fourth-order valence-corrected chi connectivity index (χ4v) is 3.05. The van der Waals surface area contributed by atoms with Gasteiger partial charge in [-0.2, -0.15) is 15.0 Å². The zero-order valence-corrected chi connectivity index (χ0v) is 18.3. The van der Waals surface area contributed by atoms with E-state index in [1.807, 2.05) is 6.92 Å². The fourth-order valence-electron chi connectivity index (χ4n) is 3.05. The second-order valence-electron chi connectivity index (χ2n) is 8.32. The van der Waals surface area contributed by atoms with Crippen LogP contribution >= 0.6 is 0 Å². The predicted octanol–water partition coefficient (Wildman–Crippen LogP) is 1.57. The van der Waals surface area contributed by atoms with E-state index in [4.69, 9.17) is 4.52 Å². The Bertz CT molecular complexity index is 854. The average molecular weight is 418 g/mol. The molecular formula is C19H31N9O2. The van der Waals surface area contributed by atoms with Crippen molar-refractivity contribution in [3.8, 4) is 0 Å². The van der Waals surface area contributed by atoms with Crippen molar-refractivity contribution < 1.29 is 9.32 Å². The van der Waals surface area contributed by atoms with Gasteiger partial charge in [-0.15, -0.1) is 0 Å². The minimum absolute atomic E-state index is 0.108. The summed E-state index contributed by atoms with van der Waals surface area (Å²) in [7, 11) is 0. The van der Waals surface area contributed by atoms with Crippen molar-refractivity contribution >= 4 is 29.6 Å². The van der Waals surface area contributed by atoms with Crippen LogP contribution in [0.3, 0.4) is 0 Å². The van der Waals surface area contributed by atoms with Crippen molar-refractivity contribution in [3.63, 3.8) is 0 Å². The van der Waals surface area contributed by atoms with Gasteiger partial charge < -0.3 is 25.4 Å². The van der Waals surface area contributed by atoms with Crippen LogP contribution in [0.1, 0.15) is 33.5 Å². The van der Waals surface area contributed by atoms with E-state index >= 15 is 0 Å². The molecule has 1 saturated heterocycles. The highest BCUT2D eigenvalue weighted by Gasteiger charge is 2.23. The Morgan fingerprint density at radius 3 is 2.43 bits per heavy atom. The maximum absolute atomic E-state index is 12.2. The molecule has 3 rings (SSSR count). The van der Waals surface area contributed by atoms with Gasteiger partial charge in [0.05, 0.1) is 6.54 Å². The monoisotopic (exact) mass is 417 g/mol. The van der Waals surface area contributed by atoms with E-state index in [0.29, 0.717) is 36.0 Å². The molecule has 30 heavy (non-hydrogen) atoms. The minimum Gasteiger partial charge on any atom is -0.360 e. The molecule has 0 unspecified atom stereocenters. The summed E-state index contributed by atoms with van der Waals surface area (Å²) in [5.74, 6) is 2.73. The standard InChI is InChI=1S/C19H31N9O2/c1-6-20-16-22-17(25-19(3,4)5)24-18(23-16)28-9-7-27(8-10-28)12-15(29)21-14-11-13(2)30-26-14/h11H,6-10,12H2,1-5H3,(H,21,26,29)(H2,20,22,23,24,25). The molecular weight excluding hydrogens is 386 g/mol. The highest BCUT2D eigenvalue weighted by atomic mass is 16.5. The first-order valence-corrected chi connectivity index (χ1v) is 10.2. The molecule has 2 aromatic rings. The molecule has 0 radical (unpaired) electrons. The molecule has 0 atom stereocenters. The summed E-state index contributed by atoms with van der Waals surface area (Å²) in [4.78, 5) is 30.1. The Kier molecular flexibility index (Phi) is 6.70. The molecule has 11 heteroatoms. The lowest BCUT2D eigenvalue weighted by Gasteiger charge is -2.34. The summed E-state index contributed by atoms with van der Waals surface area (Å²) >= 11 is 0. The van der Waals surface area contributed by atoms with Crippen molar-refractivity contribution in [1.82, 2.24) is 25.0 Å². The topological polar surface area (TPSA) is 124 Å². The lowest BCUT2D eigenvalue weighted by atomic mass is 10.1. The van der Waals surface area contributed by atoms with Gasteiger partial charge in [0, 0.05) is 44.3 Å². The first-order chi connectivity index (χ1) is 14.2. The van der Waals surface area contributed by atoms with Crippen molar-refractivity contribution in [2.24, 2.45) is 0 Å². The molecule has 1 amide bonds. The number of nitrogens with one attached hydrogen (secondary N) is 3. The Hall–Kier alpha value is -2.95. The van der Waals surface area contributed by atoms with Crippen LogP contribution in [-0.4, -0.2) is 75.7 Å². The molecule has 0 saturated carbocycles. The third kappa shape index (κ3) is 6.28. The number of anilines is 4. The molecule has 0 aromatic carbocycles. The Balaban J connectivity index is 1.58. The van der Waals surface area contributed by atoms with Crippen molar-refractivity contribution in [2.75, 3.05) is 60.1 Å². The van der Waals surface area contributed by atoms with Gasteiger partial charge in [-0.1, -0.05) is 5.16 Å². The molecule has 2 aromatic heterocycles. The number of carbonyl (C=O) groups excluding carboxylic acids is 1.